The normalized spacial score (nSPS) is 35.6. The average molecular weight is 479 g/mol. The number of carbonyl (C=O) groups excluding carboxylic acids is 2. The molecule has 196 valence electrons. The van der Waals surface area contributed by atoms with E-state index in [1.54, 1.807) is 0 Å². The molecule has 0 spiro atoms. The van der Waals surface area contributed by atoms with E-state index in [2.05, 4.69) is 27.7 Å². The maximum absolute atomic E-state index is 13.1. The summed E-state index contributed by atoms with van der Waals surface area (Å²) in [6, 6.07) is 0. The fourth-order valence-corrected chi connectivity index (χ4v) is 7.25. The van der Waals surface area contributed by atoms with Gasteiger partial charge in [-0.2, -0.15) is 0 Å². The van der Waals surface area contributed by atoms with Crippen molar-refractivity contribution < 1.29 is 24.2 Å². The maximum atomic E-state index is 13.1. The van der Waals surface area contributed by atoms with E-state index < -0.39 is 17.3 Å². The lowest BCUT2D eigenvalue weighted by atomic mass is 9.69. The highest BCUT2D eigenvalue weighted by Crippen LogP contribution is 2.58. The van der Waals surface area contributed by atoms with E-state index in [9.17, 15) is 14.7 Å². The summed E-state index contributed by atoms with van der Waals surface area (Å²) >= 11 is 0. The molecule has 0 aromatic heterocycles. The van der Waals surface area contributed by atoms with Crippen molar-refractivity contribution in [2.75, 3.05) is 0 Å². The molecule has 0 radical (unpaired) electrons. The van der Waals surface area contributed by atoms with E-state index >= 15 is 0 Å². The third kappa shape index (κ3) is 6.56. The second-order valence-electron chi connectivity index (χ2n) is 13.6. The van der Waals surface area contributed by atoms with Crippen molar-refractivity contribution in [3.63, 3.8) is 0 Å². The van der Waals surface area contributed by atoms with Crippen LogP contribution < -0.4 is 0 Å². The number of carbonyl (C=O) groups is 2. The Morgan fingerprint density at radius 3 is 2.15 bits per heavy atom. The number of fused-ring (bicyclic) bond motifs is 2. The molecule has 0 saturated heterocycles. The molecule has 0 heterocycles. The second kappa shape index (κ2) is 10.5. The molecule has 3 saturated carbocycles. The Bertz CT molecular complexity index is 715. The van der Waals surface area contributed by atoms with Crippen LogP contribution in [-0.2, 0) is 19.1 Å². The zero-order valence-corrected chi connectivity index (χ0v) is 22.9. The molecule has 2 bridgehead atoms. The van der Waals surface area contributed by atoms with Gasteiger partial charge in [0.05, 0.1) is 18.4 Å². The van der Waals surface area contributed by atoms with Crippen molar-refractivity contribution in [1.29, 1.82) is 0 Å². The SMILES string of the molecule is CC1CCC(C(C)(C)OC(=O)C(C)CC2C(C)C3CC(C(O)CC(=O)OC(C)(C)C)C2C3)CC1. The summed E-state index contributed by atoms with van der Waals surface area (Å²) in [6.07, 6.45) is 6.95. The molecule has 1 N–H and O–H groups in total. The van der Waals surface area contributed by atoms with Crippen molar-refractivity contribution in [3.05, 3.63) is 0 Å². The summed E-state index contributed by atoms with van der Waals surface area (Å²) in [5, 5.41) is 10.9. The minimum Gasteiger partial charge on any atom is -0.460 e. The van der Waals surface area contributed by atoms with Crippen LogP contribution in [0.4, 0.5) is 0 Å². The smallest absolute Gasteiger partial charge is 0.309 e. The quantitative estimate of drug-likeness (QED) is 0.423. The zero-order chi connectivity index (χ0) is 25.4. The Morgan fingerprint density at radius 1 is 0.971 bits per heavy atom. The van der Waals surface area contributed by atoms with Gasteiger partial charge in [-0.25, -0.2) is 0 Å². The van der Waals surface area contributed by atoms with Crippen molar-refractivity contribution in [3.8, 4) is 0 Å². The van der Waals surface area contributed by atoms with Gasteiger partial charge in [-0.3, -0.25) is 9.59 Å². The molecule has 0 amide bonds. The first-order valence-corrected chi connectivity index (χ1v) is 13.8. The summed E-state index contributed by atoms with van der Waals surface area (Å²) < 4.78 is 11.6. The van der Waals surface area contributed by atoms with Gasteiger partial charge >= 0.3 is 11.9 Å². The van der Waals surface area contributed by atoms with Crippen LogP contribution in [0.25, 0.3) is 0 Å². The van der Waals surface area contributed by atoms with Crippen LogP contribution in [0.5, 0.6) is 0 Å². The van der Waals surface area contributed by atoms with E-state index in [0.29, 0.717) is 29.6 Å². The molecule has 3 rings (SSSR count). The number of esters is 2. The fraction of sp³-hybridized carbons (Fsp3) is 0.931. The van der Waals surface area contributed by atoms with Gasteiger partial charge in [0.15, 0.2) is 0 Å². The van der Waals surface area contributed by atoms with Gasteiger partial charge in [-0.15, -0.1) is 0 Å². The standard InChI is InChI=1S/C29H50O5/c1-17-9-11-21(12-10-17)29(7,8)34-27(32)18(2)13-22-19(3)20-14-23(22)24(15-20)25(30)16-26(31)33-28(4,5)6/h17-25,30H,9-16H2,1-8H3. The zero-order valence-electron chi connectivity index (χ0n) is 22.9. The maximum Gasteiger partial charge on any atom is 0.309 e. The molecule has 5 nitrogen and oxygen atoms in total. The Morgan fingerprint density at radius 2 is 1.59 bits per heavy atom. The largest absolute Gasteiger partial charge is 0.460 e. The molecule has 34 heavy (non-hydrogen) atoms. The van der Waals surface area contributed by atoms with Crippen LogP contribution in [0, 0.1) is 47.3 Å². The molecule has 7 unspecified atom stereocenters. The first kappa shape index (κ1) is 27.5. The lowest BCUT2D eigenvalue weighted by Gasteiger charge is -2.40. The first-order chi connectivity index (χ1) is 15.7. The fourth-order valence-electron chi connectivity index (χ4n) is 7.25. The van der Waals surface area contributed by atoms with Gasteiger partial charge in [0.2, 0.25) is 0 Å². The molecule has 3 fully saturated rings. The third-order valence-electron chi connectivity index (χ3n) is 9.35. The molecule has 5 heteroatoms. The van der Waals surface area contributed by atoms with Crippen molar-refractivity contribution in [2.24, 2.45) is 47.3 Å². The lowest BCUT2D eigenvalue weighted by Crippen LogP contribution is -2.41. The van der Waals surface area contributed by atoms with Crippen LogP contribution >= 0.6 is 0 Å². The molecular formula is C29H50O5. The number of hydrogen-bond donors (Lipinski definition) is 1. The molecule has 3 aliphatic rings. The average Bonchev–Trinajstić information content (AvgIpc) is 3.26. The van der Waals surface area contributed by atoms with Crippen LogP contribution in [0.2, 0.25) is 0 Å². The Hall–Kier alpha value is -1.10. The predicted molar refractivity (Wildman–Crippen MR) is 134 cm³/mol. The first-order valence-electron chi connectivity index (χ1n) is 13.8. The highest BCUT2D eigenvalue weighted by molar-refractivity contribution is 5.72. The van der Waals surface area contributed by atoms with Crippen LogP contribution in [-0.4, -0.2) is 34.4 Å². The van der Waals surface area contributed by atoms with Crippen LogP contribution in [0.1, 0.15) is 107 Å². The van der Waals surface area contributed by atoms with Gasteiger partial charge in [0, 0.05) is 0 Å². The Kier molecular flexibility index (Phi) is 8.48. The summed E-state index contributed by atoms with van der Waals surface area (Å²) in [5.41, 5.74) is -0.958. The summed E-state index contributed by atoms with van der Waals surface area (Å²) in [6.45, 7) is 16.3. The minimum absolute atomic E-state index is 0.0536. The van der Waals surface area contributed by atoms with Gasteiger partial charge < -0.3 is 14.6 Å². The molecule has 0 aliphatic heterocycles. The number of rotatable bonds is 8. The minimum atomic E-state index is -0.672. The summed E-state index contributed by atoms with van der Waals surface area (Å²) in [5.74, 6) is 2.62. The second-order valence-corrected chi connectivity index (χ2v) is 13.6. The van der Waals surface area contributed by atoms with Crippen molar-refractivity contribution in [2.45, 2.75) is 124 Å². The molecule has 3 aliphatic carbocycles. The molecule has 7 atom stereocenters. The monoisotopic (exact) mass is 478 g/mol. The topological polar surface area (TPSA) is 72.8 Å². The number of hydrogen-bond acceptors (Lipinski definition) is 5. The van der Waals surface area contributed by atoms with Crippen molar-refractivity contribution >= 4 is 11.9 Å². The van der Waals surface area contributed by atoms with Gasteiger partial charge in [-0.05, 0) is 108 Å². The van der Waals surface area contributed by atoms with E-state index in [1.165, 1.54) is 12.8 Å². The lowest BCUT2D eigenvalue weighted by molar-refractivity contribution is -0.168. The van der Waals surface area contributed by atoms with Crippen LogP contribution in [0.3, 0.4) is 0 Å². The Balaban J connectivity index is 1.56. The predicted octanol–water partition coefficient (Wildman–Crippen LogP) is 6.16. The van der Waals surface area contributed by atoms with E-state index in [-0.39, 0.29) is 30.2 Å². The number of aliphatic hydroxyl groups is 1. The van der Waals surface area contributed by atoms with Gasteiger partial charge in [0.1, 0.15) is 11.2 Å². The van der Waals surface area contributed by atoms with E-state index in [1.807, 2.05) is 27.7 Å². The van der Waals surface area contributed by atoms with Crippen LogP contribution in [0.15, 0.2) is 0 Å². The number of ether oxygens (including phenoxy) is 2. The highest BCUT2D eigenvalue weighted by atomic mass is 16.6. The summed E-state index contributed by atoms with van der Waals surface area (Å²) in [7, 11) is 0. The summed E-state index contributed by atoms with van der Waals surface area (Å²) in [4.78, 5) is 25.4. The van der Waals surface area contributed by atoms with E-state index in [0.717, 1.165) is 38.0 Å². The molecule has 0 aromatic carbocycles. The Labute approximate surface area is 207 Å². The van der Waals surface area contributed by atoms with Gasteiger partial charge in [-0.1, -0.05) is 33.6 Å². The third-order valence-corrected chi connectivity index (χ3v) is 9.35. The number of aliphatic hydroxyl groups excluding tert-OH is 1. The van der Waals surface area contributed by atoms with Crippen molar-refractivity contribution in [1.82, 2.24) is 0 Å². The molecule has 0 aromatic rings. The van der Waals surface area contributed by atoms with Gasteiger partial charge in [0.25, 0.3) is 0 Å². The van der Waals surface area contributed by atoms with E-state index in [4.69, 9.17) is 9.47 Å². The highest BCUT2D eigenvalue weighted by Gasteiger charge is 2.53. The molecular weight excluding hydrogens is 428 g/mol.